The van der Waals surface area contributed by atoms with Gasteiger partial charge < -0.3 is 4.74 Å². The number of fused-ring (bicyclic) bond motifs is 1. The second-order valence-electron chi connectivity index (χ2n) is 4.97. The first kappa shape index (κ1) is 14.7. The highest BCUT2D eigenvalue weighted by molar-refractivity contribution is 6.01. The number of nitro groups is 1. The molecule has 0 spiro atoms. The van der Waals surface area contributed by atoms with Gasteiger partial charge in [-0.25, -0.2) is 4.79 Å². The second-order valence-corrected chi connectivity index (χ2v) is 4.97. The van der Waals surface area contributed by atoms with Gasteiger partial charge in [0.1, 0.15) is 6.61 Å². The summed E-state index contributed by atoms with van der Waals surface area (Å²) in [5, 5.41) is 13.2. The summed E-state index contributed by atoms with van der Waals surface area (Å²) >= 11 is 0. The van der Waals surface area contributed by atoms with E-state index in [1.807, 2.05) is 24.3 Å². The average molecular weight is 306 g/mol. The van der Waals surface area contributed by atoms with Crippen LogP contribution in [0.4, 0.5) is 5.69 Å². The lowest BCUT2D eigenvalue weighted by Crippen LogP contribution is -1.98. The molecule has 3 aromatic carbocycles. The maximum Gasteiger partial charge on any atom is 0.417 e. The van der Waals surface area contributed by atoms with Gasteiger partial charge in [-0.15, -0.1) is 0 Å². The van der Waals surface area contributed by atoms with Crippen LogP contribution in [0, 0.1) is 10.1 Å². The third-order valence-electron chi connectivity index (χ3n) is 3.68. The molecule has 113 valence electrons. The molecule has 0 fully saturated rings. The molecular formula is C18H12NO4. The fourth-order valence-electron chi connectivity index (χ4n) is 2.69. The Labute approximate surface area is 132 Å². The lowest BCUT2D eigenvalue weighted by Gasteiger charge is -2.12. The van der Waals surface area contributed by atoms with Crippen LogP contribution in [0.3, 0.4) is 0 Å². The predicted octanol–water partition coefficient (Wildman–Crippen LogP) is 4.00. The molecule has 0 aliphatic carbocycles. The molecule has 0 saturated carbocycles. The zero-order valence-electron chi connectivity index (χ0n) is 12.1. The summed E-state index contributed by atoms with van der Waals surface area (Å²) in [4.78, 5) is 21.4. The van der Waals surface area contributed by atoms with Gasteiger partial charge in [0, 0.05) is 6.07 Å². The minimum atomic E-state index is -0.398. The van der Waals surface area contributed by atoms with E-state index in [4.69, 9.17) is 4.74 Å². The Bertz CT molecular complexity index is 889. The summed E-state index contributed by atoms with van der Waals surface area (Å²) in [7, 11) is 0. The number of ether oxygens (including phenoxy) is 1. The maximum atomic E-state index is 11.5. The van der Waals surface area contributed by atoms with Crippen molar-refractivity contribution in [3.05, 3.63) is 76.3 Å². The lowest BCUT2D eigenvalue weighted by molar-refractivity contribution is -0.384. The van der Waals surface area contributed by atoms with Crippen molar-refractivity contribution in [3.63, 3.8) is 0 Å². The van der Waals surface area contributed by atoms with Crippen LogP contribution in [-0.2, 0) is 16.1 Å². The molecule has 0 amide bonds. The number of carbonyl (C=O) groups excluding carboxylic acids is 1. The van der Waals surface area contributed by atoms with Crippen LogP contribution < -0.4 is 0 Å². The minimum absolute atomic E-state index is 0.0139. The Kier molecular flexibility index (Phi) is 4.01. The summed E-state index contributed by atoms with van der Waals surface area (Å²) in [6, 6.07) is 17.9. The molecular weight excluding hydrogens is 294 g/mol. The van der Waals surface area contributed by atoms with E-state index in [1.165, 1.54) is 12.5 Å². The summed E-state index contributed by atoms with van der Waals surface area (Å²) in [6.45, 7) is 1.40. The van der Waals surface area contributed by atoms with Crippen LogP contribution in [0.1, 0.15) is 5.56 Å². The molecule has 23 heavy (non-hydrogen) atoms. The van der Waals surface area contributed by atoms with Gasteiger partial charge in [-0.05, 0) is 28.0 Å². The smallest absolute Gasteiger partial charge is 0.417 e. The van der Waals surface area contributed by atoms with E-state index in [0.717, 1.165) is 10.8 Å². The standard InChI is InChI=1S/C18H12NO4/c20-12-23-11-14-6-2-4-8-16(14)18-15-7-3-1-5-13(15)9-10-17(18)19(21)22/h1-10H,11H2. The highest BCUT2D eigenvalue weighted by Gasteiger charge is 2.20. The Morgan fingerprint density at radius 2 is 1.74 bits per heavy atom. The first-order valence-electron chi connectivity index (χ1n) is 6.95. The van der Waals surface area contributed by atoms with E-state index in [1.54, 1.807) is 30.3 Å². The van der Waals surface area contributed by atoms with Crippen LogP contribution in [-0.4, -0.2) is 11.4 Å². The summed E-state index contributed by atoms with van der Waals surface area (Å²) in [5.41, 5.74) is 1.91. The molecule has 3 rings (SSSR count). The zero-order chi connectivity index (χ0) is 16.2. The SMILES string of the molecule is O=[C]OCc1ccccc1-c1c([N+](=O)[O-])ccc2ccccc12. The highest BCUT2D eigenvalue weighted by Crippen LogP contribution is 2.38. The van der Waals surface area contributed by atoms with Gasteiger partial charge in [0.25, 0.3) is 5.69 Å². The monoisotopic (exact) mass is 306 g/mol. The topological polar surface area (TPSA) is 69.4 Å². The number of hydrogen-bond acceptors (Lipinski definition) is 4. The molecule has 3 aromatic rings. The van der Waals surface area contributed by atoms with Crippen LogP contribution >= 0.6 is 0 Å². The molecule has 5 nitrogen and oxygen atoms in total. The number of nitrogens with zero attached hydrogens (tertiary/aromatic N) is 1. The van der Waals surface area contributed by atoms with E-state index in [-0.39, 0.29) is 12.3 Å². The lowest BCUT2D eigenvalue weighted by atomic mass is 9.93. The Morgan fingerprint density at radius 1 is 1.00 bits per heavy atom. The van der Waals surface area contributed by atoms with Crippen molar-refractivity contribution in [3.8, 4) is 11.1 Å². The third-order valence-corrected chi connectivity index (χ3v) is 3.68. The molecule has 0 aromatic heterocycles. The first-order valence-corrected chi connectivity index (χ1v) is 6.95. The van der Waals surface area contributed by atoms with E-state index in [9.17, 15) is 14.9 Å². The Balaban J connectivity index is 2.32. The molecule has 0 unspecified atom stereocenters. The molecule has 0 heterocycles. The van der Waals surface area contributed by atoms with Gasteiger partial charge in [0.15, 0.2) is 0 Å². The summed E-state index contributed by atoms with van der Waals surface area (Å²) in [6.07, 6.45) is 0. The Hall–Kier alpha value is -3.21. The Morgan fingerprint density at radius 3 is 2.52 bits per heavy atom. The number of benzene rings is 3. The fraction of sp³-hybridized carbons (Fsp3) is 0.0556. The molecule has 1 radical (unpaired) electrons. The predicted molar refractivity (Wildman–Crippen MR) is 86.5 cm³/mol. The normalized spacial score (nSPS) is 10.4. The van der Waals surface area contributed by atoms with E-state index in [2.05, 4.69) is 0 Å². The van der Waals surface area contributed by atoms with Crippen molar-refractivity contribution >= 4 is 22.9 Å². The van der Waals surface area contributed by atoms with Gasteiger partial charge in [-0.1, -0.05) is 48.5 Å². The van der Waals surface area contributed by atoms with Crippen molar-refractivity contribution in [2.45, 2.75) is 6.61 Å². The van der Waals surface area contributed by atoms with Crippen molar-refractivity contribution in [1.29, 1.82) is 0 Å². The zero-order valence-corrected chi connectivity index (χ0v) is 12.1. The first-order chi connectivity index (χ1) is 11.2. The fourth-order valence-corrected chi connectivity index (χ4v) is 2.69. The quantitative estimate of drug-likeness (QED) is 0.527. The van der Waals surface area contributed by atoms with Crippen LogP contribution in [0.5, 0.6) is 0 Å². The molecule has 5 heteroatoms. The van der Waals surface area contributed by atoms with E-state index in [0.29, 0.717) is 16.7 Å². The number of nitro benzene ring substituents is 1. The van der Waals surface area contributed by atoms with Crippen LogP contribution in [0.2, 0.25) is 0 Å². The van der Waals surface area contributed by atoms with Crippen LogP contribution in [0.15, 0.2) is 60.7 Å². The van der Waals surface area contributed by atoms with Crippen LogP contribution in [0.25, 0.3) is 21.9 Å². The van der Waals surface area contributed by atoms with E-state index >= 15 is 0 Å². The van der Waals surface area contributed by atoms with Crippen molar-refractivity contribution in [1.82, 2.24) is 0 Å². The van der Waals surface area contributed by atoms with Gasteiger partial charge in [0.2, 0.25) is 0 Å². The van der Waals surface area contributed by atoms with Gasteiger partial charge >= 0.3 is 6.47 Å². The molecule has 0 atom stereocenters. The molecule has 0 aliphatic rings. The van der Waals surface area contributed by atoms with E-state index < -0.39 is 4.92 Å². The molecule has 0 bridgehead atoms. The van der Waals surface area contributed by atoms with Gasteiger partial charge in [-0.2, -0.15) is 0 Å². The van der Waals surface area contributed by atoms with Gasteiger partial charge in [-0.3, -0.25) is 10.1 Å². The minimum Gasteiger partial charge on any atom is -0.452 e. The summed E-state index contributed by atoms with van der Waals surface area (Å²) in [5.74, 6) is 0. The molecule has 0 saturated heterocycles. The number of rotatable bonds is 5. The van der Waals surface area contributed by atoms with Crippen molar-refractivity contribution in [2.75, 3.05) is 0 Å². The third kappa shape index (κ3) is 2.76. The maximum absolute atomic E-state index is 11.5. The average Bonchev–Trinajstić information content (AvgIpc) is 2.59. The number of hydrogen-bond donors (Lipinski definition) is 0. The van der Waals surface area contributed by atoms with Crippen molar-refractivity contribution < 1.29 is 14.5 Å². The highest BCUT2D eigenvalue weighted by atomic mass is 16.6. The van der Waals surface area contributed by atoms with Gasteiger partial charge in [0.05, 0.1) is 10.5 Å². The van der Waals surface area contributed by atoms with Crippen molar-refractivity contribution in [2.24, 2.45) is 0 Å². The second kappa shape index (κ2) is 6.27. The molecule has 0 aliphatic heterocycles. The molecule has 0 N–H and O–H groups in total. The largest absolute Gasteiger partial charge is 0.452 e. The summed E-state index contributed by atoms with van der Waals surface area (Å²) < 4.78 is 4.72.